The molecule has 1 aliphatic carbocycles. The van der Waals surface area contributed by atoms with Crippen molar-refractivity contribution < 1.29 is 4.74 Å². The van der Waals surface area contributed by atoms with E-state index in [4.69, 9.17) is 4.74 Å². The van der Waals surface area contributed by atoms with Crippen molar-refractivity contribution in [1.82, 2.24) is 0 Å². The van der Waals surface area contributed by atoms with E-state index in [0.717, 1.165) is 26.1 Å². The van der Waals surface area contributed by atoms with Gasteiger partial charge in [-0.2, -0.15) is 0 Å². The second kappa shape index (κ2) is 4.61. The van der Waals surface area contributed by atoms with Crippen LogP contribution in [0.2, 0.25) is 0 Å². The highest BCUT2D eigenvalue weighted by atomic mass is 16.5. The smallest absolute Gasteiger partial charge is 0.0557 e. The zero-order valence-electron chi connectivity index (χ0n) is 8.97. The molecule has 1 nitrogen and oxygen atoms in total. The average molecular weight is 180 g/mol. The molecule has 0 aromatic carbocycles. The SMILES string of the molecule is CCCOCC1(C)C=CC=C(C)C1. The molecule has 1 atom stereocenters. The molecule has 1 rings (SSSR count). The molecule has 0 saturated carbocycles. The summed E-state index contributed by atoms with van der Waals surface area (Å²) in [5.74, 6) is 0. The lowest BCUT2D eigenvalue weighted by atomic mass is 9.81. The first kappa shape index (κ1) is 10.5. The Bertz CT molecular complexity index is 215. The lowest BCUT2D eigenvalue weighted by molar-refractivity contribution is 0.0758. The largest absolute Gasteiger partial charge is 0.381 e. The van der Waals surface area contributed by atoms with Gasteiger partial charge in [0, 0.05) is 12.0 Å². The molecule has 1 unspecified atom stereocenters. The summed E-state index contributed by atoms with van der Waals surface area (Å²) in [4.78, 5) is 0. The van der Waals surface area contributed by atoms with E-state index in [9.17, 15) is 0 Å². The van der Waals surface area contributed by atoms with Gasteiger partial charge in [0.1, 0.15) is 0 Å². The molecule has 74 valence electrons. The van der Waals surface area contributed by atoms with Gasteiger partial charge >= 0.3 is 0 Å². The minimum atomic E-state index is 0.230. The molecule has 0 N–H and O–H groups in total. The third-order valence-electron chi connectivity index (χ3n) is 2.34. The lowest BCUT2D eigenvalue weighted by Crippen LogP contribution is -2.23. The molecule has 0 saturated heterocycles. The van der Waals surface area contributed by atoms with Crippen molar-refractivity contribution in [3.05, 3.63) is 23.8 Å². The molecule has 0 heterocycles. The highest BCUT2D eigenvalue weighted by Gasteiger charge is 2.23. The molecule has 0 aromatic rings. The fourth-order valence-corrected chi connectivity index (χ4v) is 1.75. The standard InChI is InChI=1S/C12H20O/c1-4-8-13-10-12(3)7-5-6-11(2)9-12/h5-7H,4,8-10H2,1-3H3. The predicted molar refractivity (Wildman–Crippen MR) is 56.7 cm³/mol. The van der Waals surface area contributed by atoms with Crippen LogP contribution in [0.1, 0.15) is 33.6 Å². The monoisotopic (exact) mass is 180 g/mol. The van der Waals surface area contributed by atoms with E-state index < -0.39 is 0 Å². The first-order valence-corrected chi connectivity index (χ1v) is 5.09. The minimum Gasteiger partial charge on any atom is -0.381 e. The van der Waals surface area contributed by atoms with Crippen molar-refractivity contribution in [2.45, 2.75) is 33.6 Å². The number of hydrogen-bond donors (Lipinski definition) is 0. The first-order valence-electron chi connectivity index (χ1n) is 5.09. The lowest BCUT2D eigenvalue weighted by Gasteiger charge is -2.28. The molecule has 13 heavy (non-hydrogen) atoms. The van der Waals surface area contributed by atoms with Crippen LogP contribution in [0.25, 0.3) is 0 Å². The fraction of sp³-hybridized carbons (Fsp3) is 0.667. The fourth-order valence-electron chi connectivity index (χ4n) is 1.75. The van der Waals surface area contributed by atoms with Crippen molar-refractivity contribution in [1.29, 1.82) is 0 Å². The molecule has 0 bridgehead atoms. The van der Waals surface area contributed by atoms with Crippen molar-refractivity contribution in [3.63, 3.8) is 0 Å². The van der Waals surface area contributed by atoms with Crippen molar-refractivity contribution in [3.8, 4) is 0 Å². The van der Waals surface area contributed by atoms with Crippen LogP contribution in [0, 0.1) is 5.41 Å². The van der Waals surface area contributed by atoms with E-state index in [1.54, 1.807) is 0 Å². The summed E-state index contributed by atoms with van der Waals surface area (Å²) in [7, 11) is 0. The van der Waals surface area contributed by atoms with Crippen LogP contribution in [-0.4, -0.2) is 13.2 Å². The molecule has 0 fully saturated rings. The van der Waals surface area contributed by atoms with Gasteiger partial charge < -0.3 is 4.74 Å². The van der Waals surface area contributed by atoms with E-state index in [1.165, 1.54) is 5.57 Å². The Morgan fingerprint density at radius 1 is 1.54 bits per heavy atom. The molecule has 0 amide bonds. The van der Waals surface area contributed by atoms with Crippen LogP contribution in [0.15, 0.2) is 23.8 Å². The van der Waals surface area contributed by atoms with Gasteiger partial charge in [0.2, 0.25) is 0 Å². The molecule has 0 spiro atoms. The Morgan fingerprint density at radius 3 is 2.92 bits per heavy atom. The Balaban J connectivity index is 2.39. The van der Waals surface area contributed by atoms with E-state index in [2.05, 4.69) is 39.0 Å². The van der Waals surface area contributed by atoms with Crippen LogP contribution >= 0.6 is 0 Å². The molecule has 0 aliphatic heterocycles. The summed E-state index contributed by atoms with van der Waals surface area (Å²) < 4.78 is 5.60. The van der Waals surface area contributed by atoms with Gasteiger partial charge in [-0.15, -0.1) is 0 Å². The minimum absolute atomic E-state index is 0.230. The molecular weight excluding hydrogens is 160 g/mol. The van der Waals surface area contributed by atoms with Gasteiger partial charge in [-0.1, -0.05) is 37.6 Å². The molecular formula is C12H20O. The number of ether oxygens (including phenoxy) is 1. The maximum absolute atomic E-state index is 5.60. The molecule has 0 aromatic heterocycles. The van der Waals surface area contributed by atoms with Crippen LogP contribution in [0.3, 0.4) is 0 Å². The van der Waals surface area contributed by atoms with Crippen LogP contribution in [0.5, 0.6) is 0 Å². The normalized spacial score (nSPS) is 27.5. The van der Waals surface area contributed by atoms with Gasteiger partial charge in [-0.25, -0.2) is 0 Å². The summed E-state index contributed by atoms with van der Waals surface area (Å²) in [6, 6.07) is 0. The highest BCUT2D eigenvalue weighted by molar-refractivity contribution is 5.21. The highest BCUT2D eigenvalue weighted by Crippen LogP contribution is 2.31. The van der Waals surface area contributed by atoms with Crippen molar-refractivity contribution in [2.75, 3.05) is 13.2 Å². The second-order valence-electron chi connectivity index (χ2n) is 4.26. The van der Waals surface area contributed by atoms with Crippen molar-refractivity contribution in [2.24, 2.45) is 5.41 Å². The van der Waals surface area contributed by atoms with Gasteiger partial charge in [0.25, 0.3) is 0 Å². The molecule has 1 heteroatoms. The summed E-state index contributed by atoms with van der Waals surface area (Å²) >= 11 is 0. The Morgan fingerprint density at radius 2 is 2.31 bits per heavy atom. The Kier molecular flexibility index (Phi) is 3.73. The number of hydrogen-bond acceptors (Lipinski definition) is 1. The first-order chi connectivity index (χ1) is 6.16. The van der Waals surface area contributed by atoms with Crippen LogP contribution < -0.4 is 0 Å². The summed E-state index contributed by atoms with van der Waals surface area (Å²) in [6.07, 6.45) is 8.83. The third-order valence-corrected chi connectivity index (χ3v) is 2.34. The molecule has 0 radical (unpaired) electrons. The van der Waals surface area contributed by atoms with E-state index in [1.807, 2.05) is 0 Å². The Labute approximate surface area is 81.5 Å². The average Bonchev–Trinajstić information content (AvgIpc) is 2.04. The van der Waals surface area contributed by atoms with Crippen molar-refractivity contribution >= 4 is 0 Å². The van der Waals surface area contributed by atoms with Gasteiger partial charge in [-0.3, -0.25) is 0 Å². The topological polar surface area (TPSA) is 9.23 Å². The van der Waals surface area contributed by atoms with Crippen LogP contribution in [0.4, 0.5) is 0 Å². The van der Waals surface area contributed by atoms with E-state index >= 15 is 0 Å². The zero-order valence-corrected chi connectivity index (χ0v) is 8.97. The quantitative estimate of drug-likeness (QED) is 0.603. The number of rotatable bonds is 4. The Hall–Kier alpha value is -0.560. The van der Waals surface area contributed by atoms with E-state index in [0.29, 0.717) is 0 Å². The van der Waals surface area contributed by atoms with Gasteiger partial charge in [-0.05, 0) is 19.8 Å². The van der Waals surface area contributed by atoms with E-state index in [-0.39, 0.29) is 5.41 Å². The maximum Gasteiger partial charge on any atom is 0.0557 e. The van der Waals surface area contributed by atoms with Gasteiger partial charge in [0.05, 0.1) is 6.61 Å². The molecule has 1 aliphatic rings. The van der Waals surface area contributed by atoms with Crippen LogP contribution in [-0.2, 0) is 4.74 Å². The predicted octanol–water partition coefficient (Wildman–Crippen LogP) is 3.33. The second-order valence-corrected chi connectivity index (χ2v) is 4.26. The summed E-state index contributed by atoms with van der Waals surface area (Å²) in [5, 5.41) is 0. The summed E-state index contributed by atoms with van der Waals surface area (Å²) in [6.45, 7) is 8.32. The third kappa shape index (κ3) is 3.35. The summed E-state index contributed by atoms with van der Waals surface area (Å²) in [5.41, 5.74) is 1.68. The number of allylic oxidation sites excluding steroid dienone is 3. The maximum atomic E-state index is 5.60. The zero-order chi connectivity index (χ0) is 9.73. The van der Waals surface area contributed by atoms with Gasteiger partial charge in [0.15, 0.2) is 0 Å².